The van der Waals surface area contributed by atoms with Crippen molar-refractivity contribution in [1.82, 2.24) is 9.99 Å². The minimum absolute atomic E-state index is 0. The van der Waals surface area contributed by atoms with Gasteiger partial charge in [-0.3, -0.25) is 4.79 Å². The fourth-order valence-electron chi connectivity index (χ4n) is 2.67. The minimum Gasteiger partial charge on any atom is -0.311 e. The van der Waals surface area contributed by atoms with Crippen LogP contribution >= 0.6 is 55.8 Å². The number of hydrogen-bond acceptors (Lipinski definition) is 3. The Labute approximate surface area is 191 Å². The van der Waals surface area contributed by atoms with E-state index in [1.807, 2.05) is 47.9 Å². The third-order valence-electron chi connectivity index (χ3n) is 3.85. The highest BCUT2D eigenvalue weighted by Crippen LogP contribution is 2.26. The Balaban J connectivity index is 0.00000280. The first-order valence-corrected chi connectivity index (χ1v) is 10.1. The quantitative estimate of drug-likeness (QED) is 0.314. The Morgan fingerprint density at radius 2 is 2.04 bits per heavy atom. The fourth-order valence-corrected chi connectivity index (χ4v) is 4.16. The summed E-state index contributed by atoms with van der Waals surface area (Å²) in [6.07, 6.45) is 1.81. The monoisotopic (exact) mass is 541 g/mol. The second-order valence-electron chi connectivity index (χ2n) is 5.76. The molecule has 0 saturated heterocycles. The normalized spacial score (nSPS) is 11.0. The number of benzene rings is 2. The number of nitrogens with zero attached hydrogens (tertiary/aromatic N) is 2. The number of allylic oxidation sites excluding steroid dienone is 1. The fraction of sp³-hybridized carbons (Fsp3) is 0.100. The van der Waals surface area contributed by atoms with Gasteiger partial charge in [0, 0.05) is 26.5 Å². The average Bonchev–Trinajstić information content (AvgIpc) is 2.96. The number of nitrogens with one attached hydrogen (secondary N) is 1. The van der Waals surface area contributed by atoms with Crippen LogP contribution in [0.1, 0.15) is 15.2 Å². The van der Waals surface area contributed by atoms with Crippen molar-refractivity contribution in [3.05, 3.63) is 85.9 Å². The highest BCUT2D eigenvalue weighted by Gasteiger charge is 2.13. The molecule has 3 rings (SSSR count). The summed E-state index contributed by atoms with van der Waals surface area (Å²) in [6, 6.07) is 14.8. The lowest BCUT2D eigenvalue weighted by molar-refractivity contribution is 0.0953. The van der Waals surface area contributed by atoms with E-state index in [1.165, 1.54) is 11.3 Å². The lowest BCUT2D eigenvalue weighted by Gasteiger charge is -2.08. The van der Waals surface area contributed by atoms with Gasteiger partial charge in [0.1, 0.15) is 0 Å². The number of aromatic nitrogens is 1. The summed E-state index contributed by atoms with van der Waals surface area (Å²) < 4.78 is 2.87. The van der Waals surface area contributed by atoms with Crippen molar-refractivity contribution in [2.45, 2.75) is 13.5 Å². The summed E-state index contributed by atoms with van der Waals surface area (Å²) in [5.74, 6) is -0.263. The van der Waals surface area contributed by atoms with E-state index in [4.69, 9.17) is 11.6 Å². The summed E-state index contributed by atoms with van der Waals surface area (Å²) in [5.41, 5.74) is 5.25. The largest absolute Gasteiger partial charge is 0.311 e. The summed E-state index contributed by atoms with van der Waals surface area (Å²) in [7, 11) is 0. The Morgan fingerprint density at radius 1 is 1.32 bits per heavy atom. The van der Waals surface area contributed by atoms with Crippen molar-refractivity contribution >= 4 is 61.8 Å². The molecule has 3 aromatic rings. The van der Waals surface area contributed by atoms with Crippen molar-refractivity contribution in [2.75, 3.05) is 0 Å². The molecule has 146 valence electrons. The Bertz CT molecular complexity index is 1060. The standard InChI is InChI=1S/C20H17BrClN3OS.BrH/c1-3-11-25-18(14-7-9-17(22)10-8-14)13(2)27-20(25)24-23-19(26)15-5-4-6-16(21)12-15;/h3-10,12H,1,11H2,2H3,(H,23,26);1H/b24-20+;. The number of carbonyl (C=O) groups is 1. The number of carbonyl (C=O) groups excluding carboxylic acids is 1. The number of amides is 1. The van der Waals surface area contributed by atoms with Crippen LogP contribution in [-0.2, 0) is 6.54 Å². The maximum atomic E-state index is 12.4. The van der Waals surface area contributed by atoms with Crippen molar-refractivity contribution in [3.8, 4) is 11.3 Å². The third-order valence-corrected chi connectivity index (χ3v) is 5.59. The van der Waals surface area contributed by atoms with Crippen molar-refractivity contribution < 1.29 is 4.79 Å². The maximum Gasteiger partial charge on any atom is 0.271 e. The maximum absolute atomic E-state index is 12.4. The van der Waals surface area contributed by atoms with E-state index in [-0.39, 0.29) is 22.9 Å². The molecule has 0 fully saturated rings. The first-order valence-electron chi connectivity index (χ1n) is 8.16. The van der Waals surface area contributed by atoms with Gasteiger partial charge in [-0.2, -0.15) is 0 Å². The molecule has 0 aliphatic carbocycles. The predicted octanol–water partition coefficient (Wildman–Crippen LogP) is 5.95. The smallest absolute Gasteiger partial charge is 0.271 e. The van der Waals surface area contributed by atoms with Crippen LogP contribution in [0.5, 0.6) is 0 Å². The zero-order valence-corrected chi connectivity index (χ0v) is 19.9. The van der Waals surface area contributed by atoms with Gasteiger partial charge in [0.2, 0.25) is 4.80 Å². The van der Waals surface area contributed by atoms with E-state index in [2.05, 4.69) is 33.0 Å². The molecule has 0 aliphatic rings. The lowest BCUT2D eigenvalue weighted by atomic mass is 10.1. The number of rotatable bonds is 5. The van der Waals surface area contributed by atoms with Gasteiger partial charge < -0.3 is 4.57 Å². The molecule has 1 heterocycles. The van der Waals surface area contributed by atoms with Crippen LogP contribution in [0.15, 0.2) is 70.8 Å². The molecule has 0 spiro atoms. The minimum atomic E-state index is -0.263. The summed E-state index contributed by atoms with van der Waals surface area (Å²) in [6.45, 7) is 6.44. The SMILES string of the molecule is Br.C=CCn1c(-c2ccc(Cl)cc2)c(C)s/c1=N/NC(=O)c1cccc(Br)c1. The average molecular weight is 544 g/mol. The summed E-state index contributed by atoms with van der Waals surface area (Å²) in [4.78, 5) is 14.2. The third kappa shape index (κ3) is 5.23. The van der Waals surface area contributed by atoms with Gasteiger partial charge in [-0.1, -0.05) is 63.1 Å². The first-order chi connectivity index (χ1) is 13.0. The zero-order valence-electron chi connectivity index (χ0n) is 15.0. The molecule has 0 unspecified atom stereocenters. The molecule has 0 atom stereocenters. The Hall–Kier alpha value is -1.67. The molecule has 8 heteroatoms. The van der Waals surface area contributed by atoms with Gasteiger partial charge in [0.25, 0.3) is 5.91 Å². The second-order valence-corrected chi connectivity index (χ2v) is 8.29. The molecule has 1 N–H and O–H groups in total. The number of aryl methyl sites for hydroxylation is 1. The Kier molecular flexibility index (Phi) is 8.24. The molecule has 0 bridgehead atoms. The van der Waals surface area contributed by atoms with E-state index in [1.54, 1.807) is 18.2 Å². The van der Waals surface area contributed by atoms with Crippen LogP contribution < -0.4 is 10.2 Å². The first kappa shape index (κ1) is 22.6. The van der Waals surface area contributed by atoms with Gasteiger partial charge in [0.05, 0.1) is 5.69 Å². The highest BCUT2D eigenvalue weighted by atomic mass is 79.9. The van der Waals surface area contributed by atoms with Crippen LogP contribution in [0.25, 0.3) is 11.3 Å². The summed E-state index contributed by atoms with van der Waals surface area (Å²) in [5, 5.41) is 5.04. The van der Waals surface area contributed by atoms with E-state index in [9.17, 15) is 4.79 Å². The van der Waals surface area contributed by atoms with E-state index >= 15 is 0 Å². The molecule has 4 nitrogen and oxygen atoms in total. The number of thiazole rings is 1. The molecule has 0 saturated carbocycles. The van der Waals surface area contributed by atoms with E-state index in [0.717, 1.165) is 20.6 Å². The predicted molar refractivity (Wildman–Crippen MR) is 125 cm³/mol. The number of halogens is 3. The van der Waals surface area contributed by atoms with Gasteiger partial charge in [-0.25, -0.2) is 5.43 Å². The van der Waals surface area contributed by atoms with Gasteiger partial charge in [-0.15, -0.1) is 28.7 Å². The van der Waals surface area contributed by atoms with E-state index in [0.29, 0.717) is 21.9 Å². The molecular weight excluding hydrogens is 526 g/mol. The summed E-state index contributed by atoms with van der Waals surface area (Å²) >= 11 is 10.9. The Morgan fingerprint density at radius 3 is 2.68 bits per heavy atom. The molecule has 28 heavy (non-hydrogen) atoms. The van der Waals surface area contributed by atoms with Crippen molar-refractivity contribution in [1.29, 1.82) is 0 Å². The molecule has 0 radical (unpaired) electrons. The molecule has 2 aromatic carbocycles. The molecule has 0 aliphatic heterocycles. The van der Waals surface area contributed by atoms with Crippen LogP contribution in [0.3, 0.4) is 0 Å². The molecular formula is C20H18Br2ClN3OS. The molecule has 1 amide bonds. The highest BCUT2D eigenvalue weighted by molar-refractivity contribution is 9.10. The number of hydrogen-bond donors (Lipinski definition) is 1. The zero-order chi connectivity index (χ0) is 19.4. The topological polar surface area (TPSA) is 46.4 Å². The van der Waals surface area contributed by atoms with Gasteiger partial charge >= 0.3 is 0 Å². The molecule has 1 aromatic heterocycles. The van der Waals surface area contributed by atoms with Crippen LogP contribution in [0, 0.1) is 6.92 Å². The van der Waals surface area contributed by atoms with Crippen molar-refractivity contribution in [3.63, 3.8) is 0 Å². The van der Waals surface area contributed by atoms with Gasteiger partial charge in [-0.05, 0) is 42.8 Å². The van der Waals surface area contributed by atoms with E-state index < -0.39 is 0 Å². The van der Waals surface area contributed by atoms with Crippen LogP contribution in [0.2, 0.25) is 5.02 Å². The van der Waals surface area contributed by atoms with Gasteiger partial charge in [0.15, 0.2) is 0 Å². The van der Waals surface area contributed by atoms with Crippen LogP contribution in [-0.4, -0.2) is 10.5 Å². The van der Waals surface area contributed by atoms with Crippen LogP contribution in [0.4, 0.5) is 0 Å². The van der Waals surface area contributed by atoms with Crippen molar-refractivity contribution in [2.24, 2.45) is 5.10 Å². The lowest BCUT2D eigenvalue weighted by Crippen LogP contribution is -2.24. The second kappa shape index (κ2) is 10.2.